The summed E-state index contributed by atoms with van der Waals surface area (Å²) >= 11 is 1.62. The lowest BCUT2D eigenvalue weighted by Crippen LogP contribution is -2.48. The molecular weight excluding hydrogens is 420 g/mol. The number of anilines is 1. The Kier molecular flexibility index (Phi) is 5.35. The van der Waals surface area contributed by atoms with E-state index < -0.39 is 0 Å². The average Bonchev–Trinajstić information content (AvgIpc) is 3.39. The van der Waals surface area contributed by atoms with Crippen LogP contribution in [0.25, 0.3) is 15.3 Å². The minimum Gasteiger partial charge on any atom is -0.495 e. The second-order valence-corrected chi connectivity index (χ2v) is 9.09. The molecule has 1 aliphatic rings. The van der Waals surface area contributed by atoms with Crippen molar-refractivity contribution in [2.75, 3.05) is 38.2 Å². The summed E-state index contributed by atoms with van der Waals surface area (Å²) in [7, 11) is 1.69. The van der Waals surface area contributed by atoms with Gasteiger partial charge in [-0.2, -0.15) is 0 Å². The molecule has 0 radical (unpaired) electrons. The van der Waals surface area contributed by atoms with Crippen LogP contribution in [-0.2, 0) is 0 Å². The van der Waals surface area contributed by atoms with Gasteiger partial charge in [-0.1, -0.05) is 23.5 Å². The predicted octanol–water partition coefficient (Wildman–Crippen LogP) is 4.67. The Morgan fingerprint density at radius 2 is 1.69 bits per heavy atom. The van der Waals surface area contributed by atoms with Gasteiger partial charge < -0.3 is 14.5 Å². The van der Waals surface area contributed by atoms with Gasteiger partial charge in [0.2, 0.25) is 0 Å². The molecule has 5 rings (SSSR count). The molecule has 0 saturated carbocycles. The molecule has 7 heteroatoms. The molecule has 2 aromatic carbocycles. The van der Waals surface area contributed by atoms with Crippen molar-refractivity contribution in [2.45, 2.75) is 13.8 Å². The Morgan fingerprint density at radius 1 is 0.969 bits per heavy atom. The number of methoxy groups -OCH3 is 1. The van der Waals surface area contributed by atoms with E-state index in [2.05, 4.69) is 41.5 Å². The molecule has 0 spiro atoms. The second-order valence-electron chi connectivity index (χ2n) is 8.08. The molecule has 32 heavy (non-hydrogen) atoms. The molecule has 4 aromatic rings. The SMILES string of the molecule is COc1ccccc1N1CCN(C(=O)c2ccc3nc(-n4c(C)ccc4C)sc3c2)CC1. The number of aryl methyl sites for hydroxylation is 2. The molecule has 0 atom stereocenters. The number of thiazole rings is 1. The second kappa shape index (κ2) is 8.31. The highest BCUT2D eigenvalue weighted by atomic mass is 32.1. The van der Waals surface area contributed by atoms with E-state index in [4.69, 9.17) is 9.72 Å². The fraction of sp³-hybridized carbons (Fsp3) is 0.280. The molecule has 2 aromatic heterocycles. The highest BCUT2D eigenvalue weighted by molar-refractivity contribution is 7.20. The van der Waals surface area contributed by atoms with Crippen molar-refractivity contribution in [3.8, 4) is 10.9 Å². The number of carbonyl (C=O) groups is 1. The molecular formula is C25H26N4O2S. The van der Waals surface area contributed by atoms with Crippen molar-refractivity contribution in [3.63, 3.8) is 0 Å². The average molecular weight is 447 g/mol. The van der Waals surface area contributed by atoms with E-state index in [0.717, 1.165) is 56.8 Å². The van der Waals surface area contributed by atoms with Gasteiger partial charge in [0.1, 0.15) is 5.75 Å². The van der Waals surface area contributed by atoms with Crippen LogP contribution < -0.4 is 9.64 Å². The molecule has 164 valence electrons. The summed E-state index contributed by atoms with van der Waals surface area (Å²) in [5, 5.41) is 0.940. The Balaban J connectivity index is 1.33. The van der Waals surface area contributed by atoms with Gasteiger partial charge in [-0.25, -0.2) is 4.98 Å². The van der Waals surface area contributed by atoms with Crippen molar-refractivity contribution in [1.82, 2.24) is 14.5 Å². The number of para-hydroxylation sites is 2. The molecule has 0 aliphatic carbocycles. The summed E-state index contributed by atoms with van der Waals surface area (Å²) in [6, 6.07) is 18.1. The van der Waals surface area contributed by atoms with Gasteiger partial charge in [0.05, 0.1) is 23.0 Å². The lowest BCUT2D eigenvalue weighted by Gasteiger charge is -2.36. The lowest BCUT2D eigenvalue weighted by atomic mass is 10.1. The van der Waals surface area contributed by atoms with Gasteiger partial charge in [-0.05, 0) is 56.3 Å². The number of ether oxygens (including phenoxy) is 1. The minimum absolute atomic E-state index is 0.0786. The molecule has 0 unspecified atom stereocenters. The summed E-state index contributed by atoms with van der Waals surface area (Å²) in [5.74, 6) is 0.946. The maximum atomic E-state index is 13.2. The van der Waals surface area contributed by atoms with E-state index in [1.54, 1.807) is 18.4 Å². The number of nitrogens with zero attached hydrogens (tertiary/aromatic N) is 4. The van der Waals surface area contributed by atoms with E-state index in [1.165, 1.54) is 0 Å². The normalized spacial score (nSPS) is 14.2. The van der Waals surface area contributed by atoms with Crippen molar-refractivity contribution < 1.29 is 9.53 Å². The molecule has 6 nitrogen and oxygen atoms in total. The predicted molar refractivity (Wildman–Crippen MR) is 130 cm³/mol. The standard InChI is InChI=1S/C25H26N4O2S/c1-17-8-9-18(2)29(17)25-26-20-11-10-19(16-23(20)32-25)24(30)28-14-12-27(13-15-28)21-6-4-5-7-22(21)31-3/h4-11,16H,12-15H2,1-3H3. The van der Waals surface area contributed by atoms with Gasteiger partial charge in [-0.15, -0.1) is 0 Å². The summed E-state index contributed by atoms with van der Waals surface area (Å²) in [6.07, 6.45) is 0. The number of amides is 1. The van der Waals surface area contributed by atoms with Crippen LogP contribution in [0.15, 0.2) is 54.6 Å². The molecule has 1 fully saturated rings. The highest BCUT2D eigenvalue weighted by Gasteiger charge is 2.24. The van der Waals surface area contributed by atoms with Crippen LogP contribution in [0.4, 0.5) is 5.69 Å². The molecule has 0 N–H and O–H groups in total. The Hall–Kier alpha value is -3.32. The van der Waals surface area contributed by atoms with Crippen LogP contribution in [0.3, 0.4) is 0 Å². The molecule has 1 aliphatic heterocycles. The van der Waals surface area contributed by atoms with Gasteiger partial charge >= 0.3 is 0 Å². The summed E-state index contributed by atoms with van der Waals surface area (Å²) in [5.41, 5.74) is 5.04. The molecule has 1 saturated heterocycles. The first-order valence-electron chi connectivity index (χ1n) is 10.8. The first kappa shape index (κ1) is 20.6. The van der Waals surface area contributed by atoms with Gasteiger partial charge in [0.25, 0.3) is 5.91 Å². The van der Waals surface area contributed by atoms with Crippen LogP contribution in [0.5, 0.6) is 5.75 Å². The Bertz CT molecular complexity index is 1260. The Morgan fingerprint density at radius 3 is 2.41 bits per heavy atom. The van der Waals surface area contributed by atoms with E-state index in [-0.39, 0.29) is 5.91 Å². The smallest absolute Gasteiger partial charge is 0.254 e. The number of carbonyl (C=O) groups excluding carboxylic acids is 1. The fourth-order valence-corrected chi connectivity index (χ4v) is 5.46. The molecule has 0 bridgehead atoms. The van der Waals surface area contributed by atoms with Crippen LogP contribution in [-0.4, -0.2) is 53.6 Å². The van der Waals surface area contributed by atoms with Gasteiger partial charge in [-0.3, -0.25) is 9.36 Å². The topological polar surface area (TPSA) is 50.6 Å². The lowest BCUT2D eigenvalue weighted by molar-refractivity contribution is 0.0747. The van der Waals surface area contributed by atoms with Crippen LogP contribution in [0, 0.1) is 13.8 Å². The zero-order valence-electron chi connectivity index (χ0n) is 18.5. The maximum absolute atomic E-state index is 13.2. The summed E-state index contributed by atoms with van der Waals surface area (Å²) in [4.78, 5) is 22.2. The third kappa shape index (κ3) is 3.62. The monoisotopic (exact) mass is 446 g/mol. The number of piperazine rings is 1. The molecule has 1 amide bonds. The summed E-state index contributed by atoms with van der Waals surface area (Å²) < 4.78 is 8.69. The van der Waals surface area contributed by atoms with Crippen LogP contribution in [0.1, 0.15) is 21.7 Å². The first-order chi connectivity index (χ1) is 15.5. The number of benzene rings is 2. The van der Waals surface area contributed by atoms with Gasteiger partial charge in [0.15, 0.2) is 5.13 Å². The number of rotatable bonds is 4. The van der Waals surface area contributed by atoms with Crippen molar-refractivity contribution in [3.05, 3.63) is 71.5 Å². The fourth-order valence-electron chi connectivity index (χ4n) is 4.34. The van der Waals surface area contributed by atoms with E-state index >= 15 is 0 Å². The van der Waals surface area contributed by atoms with Crippen molar-refractivity contribution in [2.24, 2.45) is 0 Å². The zero-order chi connectivity index (χ0) is 22.2. The number of hydrogen-bond acceptors (Lipinski definition) is 5. The van der Waals surface area contributed by atoms with E-state index in [0.29, 0.717) is 13.1 Å². The highest BCUT2D eigenvalue weighted by Crippen LogP contribution is 2.30. The van der Waals surface area contributed by atoms with Crippen molar-refractivity contribution >= 4 is 33.1 Å². The van der Waals surface area contributed by atoms with Crippen LogP contribution >= 0.6 is 11.3 Å². The minimum atomic E-state index is 0.0786. The number of aromatic nitrogens is 2. The zero-order valence-corrected chi connectivity index (χ0v) is 19.4. The van der Waals surface area contributed by atoms with E-state index in [1.807, 2.05) is 41.3 Å². The number of fused-ring (bicyclic) bond motifs is 1. The largest absolute Gasteiger partial charge is 0.495 e. The Labute approximate surface area is 191 Å². The van der Waals surface area contributed by atoms with Gasteiger partial charge in [0, 0.05) is 43.1 Å². The molecule has 3 heterocycles. The third-order valence-electron chi connectivity index (χ3n) is 6.08. The van der Waals surface area contributed by atoms with Crippen molar-refractivity contribution in [1.29, 1.82) is 0 Å². The summed E-state index contributed by atoms with van der Waals surface area (Å²) in [6.45, 7) is 7.10. The van der Waals surface area contributed by atoms with E-state index in [9.17, 15) is 4.79 Å². The third-order valence-corrected chi connectivity index (χ3v) is 7.08. The quantitative estimate of drug-likeness (QED) is 0.457. The van der Waals surface area contributed by atoms with Crippen LogP contribution in [0.2, 0.25) is 0 Å². The number of hydrogen-bond donors (Lipinski definition) is 0. The first-order valence-corrected chi connectivity index (χ1v) is 11.6. The maximum Gasteiger partial charge on any atom is 0.254 e.